The van der Waals surface area contributed by atoms with Crippen molar-refractivity contribution in [2.45, 2.75) is 12.6 Å². The van der Waals surface area contributed by atoms with Crippen molar-refractivity contribution >= 4 is 11.6 Å². The average molecular weight is 474 g/mol. The van der Waals surface area contributed by atoms with Crippen LogP contribution in [0.25, 0.3) is 5.69 Å². The van der Waals surface area contributed by atoms with Gasteiger partial charge in [0.2, 0.25) is 0 Å². The number of carbonyl (C=O) groups excluding carboxylic acids is 1. The Labute approximate surface area is 195 Å². The van der Waals surface area contributed by atoms with E-state index in [2.05, 4.69) is 10.00 Å². The molecule has 0 N–H and O–H groups in total. The van der Waals surface area contributed by atoms with E-state index in [4.69, 9.17) is 9.47 Å². The van der Waals surface area contributed by atoms with Crippen molar-refractivity contribution in [1.29, 1.82) is 0 Å². The molecule has 180 valence electrons. The summed E-state index contributed by atoms with van der Waals surface area (Å²) in [4.78, 5) is 17.2. The second kappa shape index (κ2) is 9.66. The van der Waals surface area contributed by atoms with Crippen LogP contribution in [0.1, 0.15) is 22.5 Å². The van der Waals surface area contributed by atoms with E-state index in [0.29, 0.717) is 19.6 Å². The largest absolute Gasteiger partial charge is 0.497 e. The molecular formula is C24H25F3N4O3. The van der Waals surface area contributed by atoms with Crippen molar-refractivity contribution in [3.63, 3.8) is 0 Å². The van der Waals surface area contributed by atoms with Crippen molar-refractivity contribution < 1.29 is 27.4 Å². The molecule has 10 heteroatoms. The number of carbonyl (C=O) groups is 1. The summed E-state index contributed by atoms with van der Waals surface area (Å²) in [5, 5.41) is 4.28. The van der Waals surface area contributed by atoms with Crippen LogP contribution in [0.15, 0.2) is 54.7 Å². The Morgan fingerprint density at radius 3 is 2.38 bits per heavy atom. The van der Waals surface area contributed by atoms with Gasteiger partial charge in [0.05, 0.1) is 31.7 Å². The Morgan fingerprint density at radius 2 is 1.71 bits per heavy atom. The normalized spacial score (nSPS) is 14.6. The zero-order valence-corrected chi connectivity index (χ0v) is 18.9. The number of methoxy groups -OCH3 is 2. The van der Waals surface area contributed by atoms with Crippen molar-refractivity contribution in [3.05, 3.63) is 66.0 Å². The molecule has 0 unspecified atom stereocenters. The van der Waals surface area contributed by atoms with E-state index in [9.17, 15) is 18.0 Å². The third-order valence-electron chi connectivity index (χ3n) is 5.76. The number of hydrogen-bond donors (Lipinski definition) is 0. The minimum absolute atomic E-state index is 0.0674. The van der Waals surface area contributed by atoms with Crippen LogP contribution >= 0.6 is 0 Å². The Morgan fingerprint density at radius 1 is 0.941 bits per heavy atom. The van der Waals surface area contributed by atoms with E-state index in [1.54, 1.807) is 12.0 Å². The van der Waals surface area contributed by atoms with E-state index in [1.165, 1.54) is 30.1 Å². The molecule has 0 radical (unpaired) electrons. The molecule has 3 aromatic rings. The Balaban J connectivity index is 1.52. The second-order valence-corrected chi connectivity index (χ2v) is 7.87. The fourth-order valence-corrected chi connectivity index (χ4v) is 3.93. The Bertz CT molecular complexity index is 1150. The molecule has 0 atom stereocenters. The van der Waals surface area contributed by atoms with Gasteiger partial charge in [-0.25, -0.2) is 4.68 Å². The summed E-state index contributed by atoms with van der Waals surface area (Å²) < 4.78 is 51.1. The molecule has 0 aliphatic carbocycles. The van der Waals surface area contributed by atoms with Gasteiger partial charge in [0.1, 0.15) is 5.75 Å². The summed E-state index contributed by atoms with van der Waals surface area (Å²) in [6.07, 6.45) is -2.30. The number of benzene rings is 2. The summed E-state index contributed by atoms with van der Waals surface area (Å²) in [5.41, 5.74) is 0.506. The van der Waals surface area contributed by atoms with Crippen molar-refractivity contribution in [3.8, 4) is 17.2 Å². The molecule has 1 amide bonds. The van der Waals surface area contributed by atoms with Crippen molar-refractivity contribution in [2.24, 2.45) is 0 Å². The van der Waals surface area contributed by atoms with Gasteiger partial charge < -0.3 is 19.3 Å². The van der Waals surface area contributed by atoms with Crippen LogP contribution in [0.3, 0.4) is 0 Å². The van der Waals surface area contributed by atoms with Gasteiger partial charge in [-0.3, -0.25) is 4.79 Å². The summed E-state index contributed by atoms with van der Waals surface area (Å²) in [7, 11) is 3.02. The fourth-order valence-electron chi connectivity index (χ4n) is 3.93. The smallest absolute Gasteiger partial charge is 0.416 e. The highest BCUT2D eigenvalue weighted by molar-refractivity contribution is 5.95. The average Bonchev–Trinajstić information content (AvgIpc) is 3.13. The summed E-state index contributed by atoms with van der Waals surface area (Å²) >= 11 is 0. The first-order valence-electron chi connectivity index (χ1n) is 10.8. The number of amides is 1. The lowest BCUT2D eigenvalue weighted by atomic mass is 10.2. The molecule has 0 spiro atoms. The van der Waals surface area contributed by atoms with Crippen molar-refractivity contribution in [2.75, 3.05) is 45.3 Å². The molecule has 0 bridgehead atoms. The van der Waals surface area contributed by atoms with Crippen LogP contribution in [-0.4, -0.2) is 61.0 Å². The topological polar surface area (TPSA) is 59.8 Å². The fraction of sp³-hybridized carbons (Fsp3) is 0.333. The molecule has 2 heterocycles. The first-order chi connectivity index (χ1) is 16.3. The predicted molar refractivity (Wildman–Crippen MR) is 121 cm³/mol. The molecule has 1 saturated heterocycles. The highest BCUT2D eigenvalue weighted by atomic mass is 19.4. The summed E-state index contributed by atoms with van der Waals surface area (Å²) in [5.74, 6) is 0.664. The van der Waals surface area contributed by atoms with Crippen LogP contribution in [0.5, 0.6) is 11.5 Å². The lowest BCUT2D eigenvalue weighted by Gasteiger charge is -2.23. The number of hydrogen-bond acceptors (Lipinski definition) is 5. The van der Waals surface area contributed by atoms with E-state index < -0.39 is 11.7 Å². The number of anilines is 1. The van der Waals surface area contributed by atoms with Gasteiger partial charge in [0, 0.05) is 31.9 Å². The zero-order valence-electron chi connectivity index (χ0n) is 18.9. The SMILES string of the molecule is COc1ccc(N2CCCN(C(=O)c3nn(-c4cccc(C(F)(F)F)c4)cc3OC)CC2)cc1. The van der Waals surface area contributed by atoms with Crippen LogP contribution in [0.4, 0.5) is 18.9 Å². The maximum Gasteiger partial charge on any atom is 0.416 e. The quantitative estimate of drug-likeness (QED) is 0.553. The monoisotopic (exact) mass is 474 g/mol. The number of ether oxygens (including phenoxy) is 2. The molecule has 1 aromatic heterocycles. The number of aromatic nitrogens is 2. The van der Waals surface area contributed by atoms with Crippen LogP contribution in [0, 0.1) is 0 Å². The van der Waals surface area contributed by atoms with Crippen LogP contribution in [0.2, 0.25) is 0 Å². The van der Waals surface area contributed by atoms with Gasteiger partial charge in [-0.2, -0.15) is 18.3 Å². The predicted octanol–water partition coefficient (Wildman–Crippen LogP) is 4.26. The molecule has 1 aliphatic rings. The molecule has 0 saturated carbocycles. The first kappa shape index (κ1) is 23.5. The third-order valence-corrected chi connectivity index (χ3v) is 5.76. The van der Waals surface area contributed by atoms with Gasteiger partial charge >= 0.3 is 6.18 Å². The Kier molecular flexibility index (Phi) is 6.67. The molecule has 2 aromatic carbocycles. The van der Waals surface area contributed by atoms with E-state index >= 15 is 0 Å². The molecule has 1 fully saturated rings. The standard InChI is InChI=1S/C24H25F3N4O3/c1-33-20-9-7-18(8-10-20)29-11-4-12-30(14-13-29)23(32)22-21(34-2)16-31(28-22)19-6-3-5-17(15-19)24(25,26)27/h3,5-10,15-16H,4,11-14H2,1-2H3. The summed E-state index contributed by atoms with van der Waals surface area (Å²) in [6.45, 7) is 2.43. The number of rotatable bonds is 5. The van der Waals surface area contributed by atoms with Gasteiger partial charge in [-0.05, 0) is 48.9 Å². The van der Waals surface area contributed by atoms with E-state index in [0.717, 1.165) is 36.5 Å². The van der Waals surface area contributed by atoms with E-state index in [1.807, 2.05) is 24.3 Å². The first-order valence-corrected chi connectivity index (χ1v) is 10.8. The molecule has 1 aliphatic heterocycles. The highest BCUT2D eigenvalue weighted by Crippen LogP contribution is 2.31. The van der Waals surface area contributed by atoms with E-state index in [-0.39, 0.29) is 23.0 Å². The molecule has 4 rings (SSSR count). The lowest BCUT2D eigenvalue weighted by molar-refractivity contribution is -0.137. The highest BCUT2D eigenvalue weighted by Gasteiger charge is 2.31. The van der Waals surface area contributed by atoms with Gasteiger partial charge in [-0.1, -0.05) is 6.07 Å². The number of halogens is 3. The van der Waals surface area contributed by atoms with Crippen molar-refractivity contribution in [1.82, 2.24) is 14.7 Å². The van der Waals surface area contributed by atoms with Gasteiger partial charge in [0.25, 0.3) is 5.91 Å². The number of alkyl halides is 3. The Hall–Kier alpha value is -3.69. The van der Waals surface area contributed by atoms with Crippen LogP contribution < -0.4 is 14.4 Å². The molecule has 34 heavy (non-hydrogen) atoms. The van der Waals surface area contributed by atoms with Gasteiger partial charge in [-0.15, -0.1) is 0 Å². The van der Waals surface area contributed by atoms with Crippen LogP contribution in [-0.2, 0) is 6.18 Å². The zero-order chi connectivity index (χ0) is 24.3. The number of nitrogens with zero attached hydrogens (tertiary/aromatic N) is 4. The molecule has 7 nitrogen and oxygen atoms in total. The van der Waals surface area contributed by atoms with Gasteiger partial charge in [0.15, 0.2) is 11.4 Å². The molecular weight excluding hydrogens is 449 g/mol. The minimum atomic E-state index is -4.48. The minimum Gasteiger partial charge on any atom is -0.497 e. The second-order valence-electron chi connectivity index (χ2n) is 7.87. The maximum atomic E-state index is 13.3. The lowest BCUT2D eigenvalue weighted by Crippen LogP contribution is -2.35. The summed E-state index contributed by atoms with van der Waals surface area (Å²) in [6, 6.07) is 12.5. The maximum absolute atomic E-state index is 13.3. The third kappa shape index (κ3) is 4.95.